The van der Waals surface area contributed by atoms with E-state index in [4.69, 9.17) is 5.73 Å². The second-order valence-corrected chi connectivity index (χ2v) is 6.11. The molecule has 0 spiro atoms. The first kappa shape index (κ1) is 12.8. The van der Waals surface area contributed by atoms with Gasteiger partial charge >= 0.3 is 0 Å². The summed E-state index contributed by atoms with van der Waals surface area (Å²) in [5.74, 6) is 1.12. The third-order valence-electron chi connectivity index (χ3n) is 3.89. The van der Waals surface area contributed by atoms with Crippen molar-refractivity contribution in [2.45, 2.75) is 12.5 Å². The van der Waals surface area contributed by atoms with E-state index in [1.54, 1.807) is 11.3 Å². The van der Waals surface area contributed by atoms with Crippen molar-refractivity contribution in [2.24, 2.45) is 11.7 Å². The molecular weight excluding hydrogens is 254 g/mol. The van der Waals surface area contributed by atoms with Crippen LogP contribution in [0.15, 0.2) is 41.9 Å². The molecule has 1 saturated heterocycles. The average molecular weight is 273 g/mol. The molecule has 0 saturated carbocycles. The van der Waals surface area contributed by atoms with Crippen molar-refractivity contribution in [3.05, 3.63) is 52.5 Å². The molecule has 1 aromatic heterocycles. The third kappa shape index (κ3) is 2.86. The minimum Gasteiger partial charge on any atom is -0.330 e. The second-order valence-electron chi connectivity index (χ2n) is 5.13. The Morgan fingerprint density at radius 2 is 2.11 bits per heavy atom. The van der Waals surface area contributed by atoms with Crippen LogP contribution in [0.1, 0.15) is 16.5 Å². The highest BCUT2D eigenvalue weighted by Crippen LogP contribution is 2.32. The van der Waals surface area contributed by atoms with E-state index in [-0.39, 0.29) is 0 Å². The van der Waals surface area contributed by atoms with Crippen molar-refractivity contribution in [1.29, 1.82) is 0 Å². The first-order valence-electron chi connectivity index (χ1n) is 6.72. The summed E-state index contributed by atoms with van der Waals surface area (Å²) in [5.41, 5.74) is 7.37. The molecule has 3 rings (SSSR count). The van der Waals surface area contributed by atoms with Crippen molar-refractivity contribution >= 4 is 11.3 Å². The SMILES string of the molecule is NC[C@@H]1CN(Cc2nccs2)C[C@H]1c1ccccc1. The van der Waals surface area contributed by atoms with E-state index in [1.807, 2.05) is 11.6 Å². The summed E-state index contributed by atoms with van der Waals surface area (Å²) in [4.78, 5) is 6.85. The van der Waals surface area contributed by atoms with Crippen LogP contribution < -0.4 is 5.73 Å². The van der Waals surface area contributed by atoms with Gasteiger partial charge in [-0.05, 0) is 18.0 Å². The van der Waals surface area contributed by atoms with Crippen LogP contribution in [0.2, 0.25) is 0 Å². The molecule has 2 aromatic rings. The Balaban J connectivity index is 1.72. The molecule has 4 heteroatoms. The Bertz CT molecular complexity index is 497. The Hall–Kier alpha value is -1.23. The van der Waals surface area contributed by atoms with E-state index in [0.717, 1.165) is 26.2 Å². The molecular formula is C15H19N3S. The predicted molar refractivity (Wildman–Crippen MR) is 79.1 cm³/mol. The molecule has 0 unspecified atom stereocenters. The van der Waals surface area contributed by atoms with Gasteiger partial charge in [0.25, 0.3) is 0 Å². The van der Waals surface area contributed by atoms with E-state index >= 15 is 0 Å². The number of benzene rings is 1. The number of aromatic nitrogens is 1. The van der Waals surface area contributed by atoms with Gasteiger partial charge in [0.05, 0.1) is 6.54 Å². The minimum absolute atomic E-state index is 0.558. The molecule has 3 nitrogen and oxygen atoms in total. The third-order valence-corrected chi connectivity index (χ3v) is 4.65. The largest absolute Gasteiger partial charge is 0.330 e. The lowest BCUT2D eigenvalue weighted by molar-refractivity contribution is 0.316. The first-order chi connectivity index (χ1) is 9.36. The van der Waals surface area contributed by atoms with Gasteiger partial charge in [-0.3, -0.25) is 4.90 Å². The average Bonchev–Trinajstić information content (AvgIpc) is 3.09. The second kappa shape index (κ2) is 5.82. The van der Waals surface area contributed by atoms with Crippen LogP contribution in [-0.2, 0) is 6.54 Å². The van der Waals surface area contributed by atoms with E-state index in [0.29, 0.717) is 11.8 Å². The maximum absolute atomic E-state index is 5.96. The fourth-order valence-electron chi connectivity index (χ4n) is 2.93. The molecule has 19 heavy (non-hydrogen) atoms. The Labute approximate surface area is 118 Å². The van der Waals surface area contributed by atoms with Crippen molar-refractivity contribution in [2.75, 3.05) is 19.6 Å². The van der Waals surface area contributed by atoms with E-state index in [1.165, 1.54) is 10.6 Å². The van der Waals surface area contributed by atoms with E-state index in [9.17, 15) is 0 Å². The molecule has 0 bridgehead atoms. The smallest absolute Gasteiger partial charge is 0.107 e. The van der Waals surface area contributed by atoms with Gasteiger partial charge in [-0.2, -0.15) is 0 Å². The highest BCUT2D eigenvalue weighted by Gasteiger charge is 2.32. The van der Waals surface area contributed by atoms with Gasteiger partial charge in [0, 0.05) is 30.6 Å². The maximum atomic E-state index is 5.96. The van der Waals surface area contributed by atoms with Gasteiger partial charge in [-0.15, -0.1) is 11.3 Å². The van der Waals surface area contributed by atoms with Crippen molar-refractivity contribution in [1.82, 2.24) is 9.88 Å². The summed E-state index contributed by atoms with van der Waals surface area (Å²) >= 11 is 1.73. The quantitative estimate of drug-likeness (QED) is 0.929. The van der Waals surface area contributed by atoms with E-state index < -0.39 is 0 Å². The van der Waals surface area contributed by atoms with Crippen LogP contribution in [-0.4, -0.2) is 29.5 Å². The zero-order chi connectivity index (χ0) is 13.1. The molecule has 0 amide bonds. The van der Waals surface area contributed by atoms with Gasteiger partial charge in [0.15, 0.2) is 0 Å². The number of likely N-dealkylation sites (tertiary alicyclic amines) is 1. The molecule has 1 aliphatic heterocycles. The molecule has 0 aliphatic carbocycles. The van der Waals surface area contributed by atoms with Gasteiger partial charge in [0.1, 0.15) is 5.01 Å². The minimum atomic E-state index is 0.558. The lowest BCUT2D eigenvalue weighted by atomic mass is 9.89. The van der Waals surface area contributed by atoms with Gasteiger partial charge in [-0.1, -0.05) is 30.3 Å². The lowest BCUT2D eigenvalue weighted by Gasteiger charge is -2.16. The Morgan fingerprint density at radius 3 is 2.79 bits per heavy atom. The number of nitrogens with two attached hydrogens (primary N) is 1. The van der Waals surface area contributed by atoms with Crippen LogP contribution in [0.25, 0.3) is 0 Å². The first-order valence-corrected chi connectivity index (χ1v) is 7.60. The van der Waals surface area contributed by atoms with Crippen molar-refractivity contribution in [3.8, 4) is 0 Å². The van der Waals surface area contributed by atoms with Crippen molar-refractivity contribution < 1.29 is 0 Å². The molecule has 0 radical (unpaired) electrons. The van der Waals surface area contributed by atoms with Crippen LogP contribution in [0.3, 0.4) is 0 Å². The molecule has 1 aliphatic rings. The van der Waals surface area contributed by atoms with E-state index in [2.05, 4.69) is 40.2 Å². The maximum Gasteiger partial charge on any atom is 0.107 e. The molecule has 100 valence electrons. The summed E-state index contributed by atoms with van der Waals surface area (Å²) in [7, 11) is 0. The lowest BCUT2D eigenvalue weighted by Crippen LogP contribution is -2.23. The van der Waals surface area contributed by atoms with Crippen LogP contribution in [0.5, 0.6) is 0 Å². The van der Waals surface area contributed by atoms with Crippen LogP contribution >= 0.6 is 11.3 Å². The highest BCUT2D eigenvalue weighted by atomic mass is 32.1. The van der Waals surface area contributed by atoms with Crippen molar-refractivity contribution in [3.63, 3.8) is 0 Å². The molecule has 2 atom stereocenters. The summed E-state index contributed by atoms with van der Waals surface area (Å²) in [6.07, 6.45) is 1.88. The summed E-state index contributed by atoms with van der Waals surface area (Å²) < 4.78 is 0. The summed E-state index contributed by atoms with van der Waals surface area (Å²) in [6.45, 7) is 3.88. The molecule has 2 heterocycles. The predicted octanol–water partition coefficient (Wildman–Crippen LogP) is 2.32. The van der Waals surface area contributed by atoms with Gasteiger partial charge in [0.2, 0.25) is 0 Å². The molecule has 1 aromatic carbocycles. The standard InChI is InChI=1S/C15H19N3S/c16-8-13-9-18(11-15-17-6-7-19-15)10-14(13)12-4-2-1-3-5-12/h1-7,13-14H,8-11,16H2/t13-,14+/m1/s1. The monoisotopic (exact) mass is 273 g/mol. The summed E-state index contributed by atoms with van der Waals surface area (Å²) in [6, 6.07) is 10.8. The topological polar surface area (TPSA) is 42.1 Å². The van der Waals surface area contributed by atoms with Gasteiger partial charge < -0.3 is 5.73 Å². The number of thiazole rings is 1. The van der Waals surface area contributed by atoms with Crippen LogP contribution in [0, 0.1) is 5.92 Å². The number of hydrogen-bond acceptors (Lipinski definition) is 4. The Kier molecular flexibility index (Phi) is 3.92. The number of nitrogens with zero attached hydrogens (tertiary/aromatic N) is 2. The molecule has 1 fully saturated rings. The fourth-order valence-corrected chi connectivity index (χ4v) is 3.59. The normalized spacial score (nSPS) is 23.8. The number of hydrogen-bond donors (Lipinski definition) is 1. The molecule has 2 N–H and O–H groups in total. The van der Waals surface area contributed by atoms with Crippen LogP contribution in [0.4, 0.5) is 0 Å². The van der Waals surface area contributed by atoms with Gasteiger partial charge in [-0.25, -0.2) is 4.98 Å². The zero-order valence-electron chi connectivity index (χ0n) is 10.9. The highest BCUT2D eigenvalue weighted by molar-refractivity contribution is 7.09. The summed E-state index contributed by atoms with van der Waals surface area (Å²) in [5, 5.41) is 3.24. The fraction of sp³-hybridized carbons (Fsp3) is 0.400. The zero-order valence-corrected chi connectivity index (χ0v) is 11.7. The number of rotatable bonds is 4. The Morgan fingerprint density at radius 1 is 1.26 bits per heavy atom.